The van der Waals surface area contributed by atoms with Crippen molar-refractivity contribution < 1.29 is 37.0 Å². The molecule has 29 heavy (non-hydrogen) atoms. The van der Waals surface area contributed by atoms with Crippen LogP contribution < -0.4 is 14.8 Å². The van der Waals surface area contributed by atoms with Gasteiger partial charge in [0.2, 0.25) is 0 Å². The first kappa shape index (κ1) is 22.1. The summed E-state index contributed by atoms with van der Waals surface area (Å²) >= 11 is 0. The second-order valence-electron chi connectivity index (χ2n) is 5.94. The summed E-state index contributed by atoms with van der Waals surface area (Å²) in [5.74, 6) is -0.426. The van der Waals surface area contributed by atoms with E-state index < -0.39 is 30.2 Å². The van der Waals surface area contributed by atoms with E-state index in [9.17, 15) is 22.8 Å². The van der Waals surface area contributed by atoms with Crippen LogP contribution in [0.3, 0.4) is 0 Å². The standard InChI is InChI=1S/C20H20F3NO5/c1-27-16-7-6-13(10-17(16)28-2)8-9-24-18(25)12-29-19(26)14-4-3-5-15(11-14)20(21,22)23/h3-7,10-11H,8-9,12H2,1-2H3,(H,24,25). The Labute approximate surface area is 165 Å². The second-order valence-corrected chi connectivity index (χ2v) is 5.94. The number of ether oxygens (including phenoxy) is 3. The van der Waals surface area contributed by atoms with Crippen LogP contribution in [0.1, 0.15) is 21.5 Å². The molecule has 0 spiro atoms. The highest BCUT2D eigenvalue weighted by atomic mass is 19.4. The number of carbonyl (C=O) groups excluding carboxylic acids is 2. The smallest absolute Gasteiger partial charge is 0.416 e. The van der Waals surface area contributed by atoms with Gasteiger partial charge in [-0.25, -0.2) is 4.79 Å². The lowest BCUT2D eigenvalue weighted by atomic mass is 10.1. The molecule has 1 amide bonds. The average Bonchev–Trinajstić information content (AvgIpc) is 2.71. The van der Waals surface area contributed by atoms with Crippen LogP contribution >= 0.6 is 0 Å². The number of benzene rings is 2. The Morgan fingerprint density at radius 3 is 2.38 bits per heavy atom. The maximum absolute atomic E-state index is 12.7. The highest BCUT2D eigenvalue weighted by Crippen LogP contribution is 2.29. The topological polar surface area (TPSA) is 73.9 Å². The van der Waals surface area contributed by atoms with Crippen molar-refractivity contribution >= 4 is 11.9 Å². The zero-order valence-electron chi connectivity index (χ0n) is 15.8. The summed E-state index contributed by atoms with van der Waals surface area (Å²) in [6.45, 7) is -0.323. The lowest BCUT2D eigenvalue weighted by molar-refractivity contribution is -0.137. The number of rotatable bonds is 8. The van der Waals surface area contributed by atoms with E-state index in [4.69, 9.17) is 14.2 Å². The Bertz CT molecular complexity index is 867. The summed E-state index contributed by atoms with van der Waals surface area (Å²) in [6, 6.07) is 9.15. The minimum atomic E-state index is -4.57. The van der Waals surface area contributed by atoms with E-state index in [2.05, 4.69) is 5.32 Å². The van der Waals surface area contributed by atoms with E-state index in [1.54, 1.807) is 12.1 Å². The molecule has 0 aliphatic heterocycles. The lowest BCUT2D eigenvalue weighted by Crippen LogP contribution is -2.30. The van der Waals surface area contributed by atoms with Gasteiger partial charge in [0.25, 0.3) is 5.91 Å². The third-order valence-electron chi connectivity index (χ3n) is 3.94. The zero-order chi connectivity index (χ0) is 21.4. The summed E-state index contributed by atoms with van der Waals surface area (Å²) in [5.41, 5.74) is -0.354. The Balaban J connectivity index is 1.81. The first-order chi connectivity index (χ1) is 13.7. The molecule has 2 aromatic carbocycles. The summed E-state index contributed by atoms with van der Waals surface area (Å²) < 4.78 is 53.2. The SMILES string of the molecule is COc1ccc(CCNC(=O)COC(=O)c2cccc(C(F)(F)F)c2)cc1OC. The van der Waals surface area contributed by atoms with Gasteiger partial charge in [0.15, 0.2) is 18.1 Å². The van der Waals surface area contributed by atoms with Crippen LogP contribution in [-0.2, 0) is 22.1 Å². The van der Waals surface area contributed by atoms with Crippen molar-refractivity contribution in [3.8, 4) is 11.5 Å². The van der Waals surface area contributed by atoms with Crippen molar-refractivity contribution in [3.05, 3.63) is 59.2 Å². The van der Waals surface area contributed by atoms with Crippen molar-refractivity contribution in [2.75, 3.05) is 27.4 Å². The third-order valence-corrected chi connectivity index (χ3v) is 3.94. The van der Waals surface area contributed by atoms with Crippen LogP contribution in [0.25, 0.3) is 0 Å². The van der Waals surface area contributed by atoms with E-state index in [0.717, 1.165) is 17.7 Å². The number of nitrogens with one attached hydrogen (secondary N) is 1. The average molecular weight is 411 g/mol. The summed E-state index contributed by atoms with van der Waals surface area (Å²) in [4.78, 5) is 23.7. The number of carbonyl (C=O) groups is 2. The number of hydrogen-bond donors (Lipinski definition) is 1. The van der Waals surface area contributed by atoms with Gasteiger partial charge in [-0.15, -0.1) is 0 Å². The maximum Gasteiger partial charge on any atom is 0.416 e. The lowest BCUT2D eigenvalue weighted by Gasteiger charge is -2.11. The largest absolute Gasteiger partial charge is 0.493 e. The minimum absolute atomic E-state index is 0.273. The molecule has 0 unspecified atom stereocenters. The summed E-state index contributed by atoms with van der Waals surface area (Å²) in [7, 11) is 3.04. The van der Waals surface area contributed by atoms with Crippen LogP contribution in [0.5, 0.6) is 11.5 Å². The van der Waals surface area contributed by atoms with Crippen molar-refractivity contribution in [3.63, 3.8) is 0 Å². The van der Waals surface area contributed by atoms with E-state index in [1.165, 1.54) is 20.3 Å². The van der Waals surface area contributed by atoms with E-state index in [-0.39, 0.29) is 12.1 Å². The molecule has 0 heterocycles. The molecule has 9 heteroatoms. The molecule has 1 N–H and O–H groups in total. The van der Waals surface area contributed by atoms with E-state index in [1.807, 2.05) is 6.07 Å². The molecule has 0 aromatic heterocycles. The van der Waals surface area contributed by atoms with Gasteiger partial charge in [0, 0.05) is 6.54 Å². The van der Waals surface area contributed by atoms with Crippen molar-refractivity contribution in [2.24, 2.45) is 0 Å². The highest BCUT2D eigenvalue weighted by molar-refractivity contribution is 5.91. The number of amides is 1. The quantitative estimate of drug-likeness (QED) is 0.675. The van der Waals surface area contributed by atoms with Gasteiger partial charge in [-0.2, -0.15) is 13.2 Å². The fraction of sp³-hybridized carbons (Fsp3) is 0.300. The Hall–Kier alpha value is -3.23. The van der Waals surface area contributed by atoms with E-state index >= 15 is 0 Å². The predicted octanol–water partition coefficient (Wildman–Crippen LogP) is 3.24. The van der Waals surface area contributed by atoms with Gasteiger partial charge in [0.05, 0.1) is 25.3 Å². The molecule has 2 rings (SSSR count). The molecule has 0 saturated heterocycles. The fourth-order valence-electron chi connectivity index (χ4n) is 2.47. The number of methoxy groups -OCH3 is 2. The maximum atomic E-state index is 12.7. The Morgan fingerprint density at radius 1 is 1.00 bits per heavy atom. The Kier molecular flexibility index (Phi) is 7.46. The van der Waals surface area contributed by atoms with Gasteiger partial charge in [-0.3, -0.25) is 4.79 Å². The number of hydrogen-bond acceptors (Lipinski definition) is 5. The molecule has 0 fully saturated rings. The molecule has 0 saturated carbocycles. The molecular formula is C20H20F3NO5. The molecule has 156 valence electrons. The molecule has 0 aliphatic rings. The molecule has 0 radical (unpaired) electrons. The minimum Gasteiger partial charge on any atom is -0.493 e. The highest BCUT2D eigenvalue weighted by Gasteiger charge is 2.31. The normalized spacial score (nSPS) is 10.9. The van der Waals surface area contributed by atoms with Crippen LogP contribution in [-0.4, -0.2) is 39.2 Å². The summed E-state index contributed by atoms with van der Waals surface area (Å²) in [5, 5.41) is 2.57. The van der Waals surface area contributed by atoms with E-state index in [0.29, 0.717) is 24.0 Å². The second kappa shape index (κ2) is 9.81. The van der Waals surface area contributed by atoms with Gasteiger partial charge < -0.3 is 19.5 Å². The van der Waals surface area contributed by atoms with Gasteiger partial charge >= 0.3 is 12.1 Å². The molecule has 0 atom stereocenters. The Morgan fingerprint density at radius 2 is 1.72 bits per heavy atom. The van der Waals surface area contributed by atoms with Crippen LogP contribution in [0.2, 0.25) is 0 Å². The molecular weight excluding hydrogens is 391 g/mol. The number of halogens is 3. The fourth-order valence-corrected chi connectivity index (χ4v) is 2.47. The van der Waals surface area contributed by atoms with Crippen LogP contribution in [0, 0.1) is 0 Å². The predicted molar refractivity (Wildman–Crippen MR) is 98.0 cm³/mol. The molecule has 6 nitrogen and oxygen atoms in total. The van der Waals surface area contributed by atoms with Gasteiger partial charge in [-0.05, 0) is 42.3 Å². The first-order valence-corrected chi connectivity index (χ1v) is 8.56. The van der Waals surface area contributed by atoms with Crippen LogP contribution in [0.15, 0.2) is 42.5 Å². The first-order valence-electron chi connectivity index (χ1n) is 8.56. The van der Waals surface area contributed by atoms with Crippen molar-refractivity contribution in [2.45, 2.75) is 12.6 Å². The van der Waals surface area contributed by atoms with Gasteiger partial charge in [0.1, 0.15) is 0 Å². The molecule has 0 bridgehead atoms. The van der Waals surface area contributed by atoms with Crippen molar-refractivity contribution in [1.82, 2.24) is 5.32 Å². The number of esters is 1. The molecule has 2 aromatic rings. The third kappa shape index (κ3) is 6.41. The monoisotopic (exact) mass is 411 g/mol. The van der Waals surface area contributed by atoms with Crippen LogP contribution in [0.4, 0.5) is 13.2 Å². The zero-order valence-corrected chi connectivity index (χ0v) is 15.8. The van der Waals surface area contributed by atoms with Gasteiger partial charge in [-0.1, -0.05) is 12.1 Å². The molecule has 0 aliphatic carbocycles. The number of alkyl halides is 3. The van der Waals surface area contributed by atoms with Crippen molar-refractivity contribution in [1.29, 1.82) is 0 Å². The summed E-state index contributed by atoms with van der Waals surface area (Å²) in [6.07, 6.45) is -4.08.